The average Bonchev–Trinajstić information content (AvgIpc) is 2.47. The van der Waals surface area contributed by atoms with E-state index in [9.17, 15) is 9.59 Å². The van der Waals surface area contributed by atoms with Gasteiger partial charge in [0.2, 0.25) is 11.8 Å². The maximum atomic E-state index is 12.4. The van der Waals surface area contributed by atoms with Crippen molar-refractivity contribution in [3.8, 4) is 5.75 Å². The van der Waals surface area contributed by atoms with Gasteiger partial charge in [-0.25, -0.2) is 0 Å². The fraction of sp³-hybridized carbons (Fsp3) is 0.429. The first-order valence-electron chi connectivity index (χ1n) is 6.58. The Balaban J connectivity index is 2.03. The number of nitrogens with zero attached hydrogens (tertiary/aromatic N) is 1. The van der Waals surface area contributed by atoms with Gasteiger partial charge < -0.3 is 15.0 Å². The second-order valence-electron chi connectivity index (χ2n) is 4.89. The Morgan fingerprint density at radius 1 is 1.52 bits per heavy atom. The number of piperazine rings is 1. The van der Waals surface area contributed by atoms with Crippen molar-refractivity contribution in [2.24, 2.45) is 0 Å². The summed E-state index contributed by atoms with van der Waals surface area (Å²) in [6.45, 7) is 0.926. The predicted octanol–water partition coefficient (Wildman–Crippen LogP) is 0.504. The first-order valence-corrected chi connectivity index (χ1v) is 7.38. The molecule has 0 saturated carbocycles. The van der Waals surface area contributed by atoms with Gasteiger partial charge in [0.25, 0.3) is 0 Å². The van der Waals surface area contributed by atoms with Crippen LogP contribution in [0.3, 0.4) is 0 Å². The standard InChI is InChI=1S/C14H18BrN3O3/c1-18(14(20)11-6-17-13(19)7-16-11)8-9-5-10(15)3-4-12(9)21-2/h3-5,11,16H,6-8H2,1-2H3,(H,17,19). The molecule has 1 aliphatic heterocycles. The lowest BCUT2D eigenvalue weighted by atomic mass is 10.1. The summed E-state index contributed by atoms with van der Waals surface area (Å²) in [6.07, 6.45) is 0. The van der Waals surface area contributed by atoms with E-state index in [1.807, 2.05) is 18.2 Å². The van der Waals surface area contributed by atoms with Crippen LogP contribution >= 0.6 is 15.9 Å². The van der Waals surface area contributed by atoms with Crippen molar-refractivity contribution in [3.05, 3.63) is 28.2 Å². The normalized spacial score (nSPS) is 18.0. The lowest BCUT2D eigenvalue weighted by molar-refractivity contribution is -0.134. The van der Waals surface area contributed by atoms with Crippen LogP contribution in [0.1, 0.15) is 5.56 Å². The second-order valence-corrected chi connectivity index (χ2v) is 5.80. The van der Waals surface area contributed by atoms with Crippen LogP contribution < -0.4 is 15.4 Å². The molecule has 1 saturated heterocycles. The number of halogens is 1. The number of amides is 2. The molecular weight excluding hydrogens is 338 g/mol. The van der Waals surface area contributed by atoms with Crippen LogP contribution in [0.2, 0.25) is 0 Å². The number of ether oxygens (including phenoxy) is 1. The highest BCUT2D eigenvalue weighted by Gasteiger charge is 2.26. The topological polar surface area (TPSA) is 70.7 Å². The van der Waals surface area contributed by atoms with Gasteiger partial charge in [0.05, 0.1) is 13.7 Å². The average molecular weight is 356 g/mol. The Bertz CT molecular complexity index is 540. The molecule has 2 rings (SSSR count). The molecule has 1 aromatic carbocycles. The maximum Gasteiger partial charge on any atom is 0.241 e. The van der Waals surface area contributed by atoms with Crippen molar-refractivity contribution < 1.29 is 14.3 Å². The summed E-state index contributed by atoms with van der Waals surface area (Å²) in [5.74, 6) is 0.593. The molecule has 21 heavy (non-hydrogen) atoms. The molecule has 0 radical (unpaired) electrons. The lowest BCUT2D eigenvalue weighted by Crippen LogP contribution is -2.58. The van der Waals surface area contributed by atoms with Gasteiger partial charge >= 0.3 is 0 Å². The van der Waals surface area contributed by atoms with Crippen molar-refractivity contribution in [2.45, 2.75) is 12.6 Å². The zero-order chi connectivity index (χ0) is 15.4. The number of nitrogens with one attached hydrogen (secondary N) is 2. The zero-order valence-corrected chi connectivity index (χ0v) is 13.6. The third-order valence-corrected chi connectivity index (χ3v) is 3.83. The van der Waals surface area contributed by atoms with E-state index in [-0.39, 0.29) is 24.4 Å². The van der Waals surface area contributed by atoms with Crippen molar-refractivity contribution in [2.75, 3.05) is 27.2 Å². The van der Waals surface area contributed by atoms with Crippen LogP contribution in [0.4, 0.5) is 0 Å². The number of hydrogen-bond donors (Lipinski definition) is 2. The van der Waals surface area contributed by atoms with Crippen LogP contribution in [0.5, 0.6) is 5.75 Å². The van der Waals surface area contributed by atoms with Crippen molar-refractivity contribution in [1.29, 1.82) is 0 Å². The van der Waals surface area contributed by atoms with E-state index < -0.39 is 0 Å². The minimum atomic E-state index is -0.383. The van der Waals surface area contributed by atoms with E-state index >= 15 is 0 Å². The predicted molar refractivity (Wildman–Crippen MR) is 82.0 cm³/mol. The Kier molecular flexibility index (Phi) is 5.19. The molecule has 114 valence electrons. The molecule has 7 heteroatoms. The fourth-order valence-corrected chi connectivity index (χ4v) is 2.62. The van der Waals surface area contributed by atoms with E-state index in [1.54, 1.807) is 19.1 Å². The second kappa shape index (κ2) is 6.91. The van der Waals surface area contributed by atoms with E-state index in [1.165, 1.54) is 0 Å². The summed E-state index contributed by atoms with van der Waals surface area (Å²) in [6, 6.07) is 5.29. The minimum absolute atomic E-state index is 0.0583. The zero-order valence-electron chi connectivity index (χ0n) is 12.0. The van der Waals surface area contributed by atoms with Gasteiger partial charge in [0.1, 0.15) is 11.8 Å². The van der Waals surface area contributed by atoms with E-state index in [2.05, 4.69) is 26.6 Å². The molecule has 0 aliphatic carbocycles. The van der Waals surface area contributed by atoms with Crippen molar-refractivity contribution >= 4 is 27.7 Å². The summed E-state index contributed by atoms with van der Waals surface area (Å²) >= 11 is 3.42. The van der Waals surface area contributed by atoms with Gasteiger partial charge in [0, 0.05) is 30.2 Å². The number of hydrogen-bond acceptors (Lipinski definition) is 4. The first-order chi connectivity index (χ1) is 10.0. The van der Waals surface area contributed by atoms with Gasteiger partial charge in [-0.2, -0.15) is 0 Å². The number of methoxy groups -OCH3 is 1. The molecule has 1 fully saturated rings. The molecule has 2 N–H and O–H groups in total. The number of benzene rings is 1. The first kappa shape index (κ1) is 15.8. The summed E-state index contributed by atoms with van der Waals surface area (Å²) in [4.78, 5) is 25.1. The highest BCUT2D eigenvalue weighted by atomic mass is 79.9. The molecule has 6 nitrogen and oxygen atoms in total. The van der Waals surface area contributed by atoms with Gasteiger partial charge in [0.15, 0.2) is 0 Å². The van der Waals surface area contributed by atoms with Gasteiger partial charge in [-0.3, -0.25) is 14.9 Å². The molecule has 0 spiro atoms. The molecule has 1 aromatic rings. The summed E-state index contributed by atoms with van der Waals surface area (Å²) in [7, 11) is 3.34. The van der Waals surface area contributed by atoms with E-state index in [4.69, 9.17) is 4.74 Å². The minimum Gasteiger partial charge on any atom is -0.496 e. The summed E-state index contributed by atoms with van der Waals surface area (Å²) < 4.78 is 6.24. The largest absolute Gasteiger partial charge is 0.496 e. The van der Waals surface area contributed by atoms with Crippen LogP contribution in [-0.4, -0.2) is 50.0 Å². The van der Waals surface area contributed by atoms with Gasteiger partial charge in [-0.05, 0) is 18.2 Å². The molecule has 2 amide bonds. The van der Waals surface area contributed by atoms with Crippen molar-refractivity contribution in [1.82, 2.24) is 15.5 Å². The maximum absolute atomic E-state index is 12.4. The number of carbonyl (C=O) groups excluding carboxylic acids is 2. The van der Waals surface area contributed by atoms with E-state index in [0.717, 1.165) is 15.8 Å². The molecule has 1 heterocycles. The van der Waals surface area contributed by atoms with E-state index in [0.29, 0.717) is 13.1 Å². The van der Waals surface area contributed by atoms with Gasteiger partial charge in [-0.1, -0.05) is 15.9 Å². The van der Waals surface area contributed by atoms with Crippen LogP contribution in [0.25, 0.3) is 0 Å². The smallest absolute Gasteiger partial charge is 0.241 e. The third-order valence-electron chi connectivity index (χ3n) is 3.34. The molecule has 1 unspecified atom stereocenters. The number of likely N-dealkylation sites (N-methyl/N-ethyl adjacent to an activating group) is 1. The van der Waals surface area contributed by atoms with Crippen LogP contribution in [0, 0.1) is 0 Å². The lowest BCUT2D eigenvalue weighted by Gasteiger charge is -2.28. The van der Waals surface area contributed by atoms with Crippen LogP contribution in [0.15, 0.2) is 22.7 Å². The molecule has 1 aliphatic rings. The molecule has 1 atom stereocenters. The quantitative estimate of drug-likeness (QED) is 0.825. The summed E-state index contributed by atoms with van der Waals surface area (Å²) in [5.41, 5.74) is 0.919. The molecular formula is C14H18BrN3O3. The SMILES string of the molecule is COc1ccc(Br)cc1CN(C)C(=O)C1CNC(=O)CN1. The summed E-state index contributed by atoms with van der Waals surface area (Å²) in [5, 5.41) is 5.61. The third kappa shape index (κ3) is 3.95. The molecule has 0 bridgehead atoms. The Morgan fingerprint density at radius 3 is 2.90 bits per heavy atom. The van der Waals surface area contributed by atoms with Gasteiger partial charge in [-0.15, -0.1) is 0 Å². The molecule has 0 aromatic heterocycles. The van der Waals surface area contributed by atoms with Crippen LogP contribution in [-0.2, 0) is 16.1 Å². The Hall–Kier alpha value is -1.60. The Morgan fingerprint density at radius 2 is 2.29 bits per heavy atom. The number of rotatable bonds is 4. The Labute approximate surface area is 132 Å². The number of carbonyl (C=O) groups is 2. The van der Waals surface area contributed by atoms with Crippen molar-refractivity contribution in [3.63, 3.8) is 0 Å². The highest BCUT2D eigenvalue weighted by Crippen LogP contribution is 2.24. The highest BCUT2D eigenvalue weighted by molar-refractivity contribution is 9.10. The monoisotopic (exact) mass is 355 g/mol. The fourth-order valence-electron chi connectivity index (χ4n) is 2.21.